The number of hydrogen-bond donors (Lipinski definition) is 1. The highest BCUT2D eigenvalue weighted by Crippen LogP contribution is 2.21. The van der Waals surface area contributed by atoms with E-state index in [1.165, 1.54) is 6.33 Å². The Morgan fingerprint density at radius 2 is 2.15 bits per heavy atom. The maximum atomic E-state index is 8.89. The molecule has 1 N–H and O–H groups in total. The van der Waals surface area contributed by atoms with E-state index in [1.54, 1.807) is 17.8 Å². The minimum atomic E-state index is 0.324. The molecule has 1 aliphatic rings. The number of fused-ring (bicyclic) bond motifs is 1. The first-order valence-corrected chi connectivity index (χ1v) is 8.83. The quantitative estimate of drug-likeness (QED) is 0.728. The highest BCUT2D eigenvalue weighted by atomic mass is 16.5. The van der Waals surface area contributed by atoms with Crippen LogP contribution in [0, 0.1) is 11.3 Å². The van der Waals surface area contributed by atoms with Crippen molar-refractivity contribution in [1.82, 2.24) is 24.6 Å². The first-order valence-electron chi connectivity index (χ1n) is 8.83. The molecule has 1 fully saturated rings. The summed E-state index contributed by atoms with van der Waals surface area (Å²) in [7, 11) is 1.65. The van der Waals surface area contributed by atoms with Gasteiger partial charge >= 0.3 is 0 Å². The van der Waals surface area contributed by atoms with Gasteiger partial charge < -0.3 is 15.0 Å². The predicted molar refractivity (Wildman–Crippen MR) is 99.3 cm³/mol. The van der Waals surface area contributed by atoms with Crippen molar-refractivity contribution >= 4 is 17.4 Å². The van der Waals surface area contributed by atoms with Crippen LogP contribution >= 0.6 is 0 Å². The van der Waals surface area contributed by atoms with Crippen molar-refractivity contribution in [1.29, 1.82) is 5.26 Å². The zero-order valence-corrected chi connectivity index (χ0v) is 15.0. The minimum Gasteiger partial charge on any atom is -0.378 e. The fourth-order valence-electron chi connectivity index (χ4n) is 3.29. The molecule has 138 valence electrons. The molecule has 9 heteroatoms. The summed E-state index contributed by atoms with van der Waals surface area (Å²) in [6, 6.07) is 8.10. The monoisotopic (exact) mass is 364 g/mol. The second-order valence-corrected chi connectivity index (χ2v) is 6.46. The van der Waals surface area contributed by atoms with Gasteiger partial charge in [-0.1, -0.05) is 0 Å². The number of piperidine rings is 1. The van der Waals surface area contributed by atoms with Gasteiger partial charge in [0.15, 0.2) is 0 Å². The third kappa shape index (κ3) is 3.66. The van der Waals surface area contributed by atoms with E-state index in [9.17, 15) is 0 Å². The van der Waals surface area contributed by atoms with Gasteiger partial charge in [-0.05, 0) is 25.0 Å². The van der Waals surface area contributed by atoms with Crippen LogP contribution in [0.1, 0.15) is 24.1 Å². The summed E-state index contributed by atoms with van der Waals surface area (Å²) in [6.07, 6.45) is 5.07. The standard InChI is InChI=1S/C18H20N8O/c1-27-11-15-8-17(26-18(24-15)21-12-22-26)23-14-4-6-25(7-5-14)16-3-2-13(9-19)10-20-16/h2-3,8,10,12,14,23H,4-7,11H2,1H3. The molecule has 0 unspecified atom stereocenters. The summed E-state index contributed by atoms with van der Waals surface area (Å²) in [5.74, 6) is 2.35. The van der Waals surface area contributed by atoms with Crippen LogP contribution in [0.15, 0.2) is 30.7 Å². The highest BCUT2D eigenvalue weighted by molar-refractivity contribution is 5.47. The number of methoxy groups -OCH3 is 1. The summed E-state index contributed by atoms with van der Waals surface area (Å²) in [4.78, 5) is 15.2. The Morgan fingerprint density at radius 3 is 2.85 bits per heavy atom. The first-order chi connectivity index (χ1) is 13.3. The molecule has 1 aliphatic heterocycles. The van der Waals surface area contributed by atoms with E-state index in [0.29, 0.717) is 24.0 Å². The summed E-state index contributed by atoms with van der Waals surface area (Å²) in [5, 5.41) is 16.7. The molecule has 0 atom stereocenters. The molecule has 1 saturated heterocycles. The lowest BCUT2D eigenvalue weighted by Crippen LogP contribution is -2.39. The number of anilines is 2. The number of aromatic nitrogens is 5. The molecule has 27 heavy (non-hydrogen) atoms. The Balaban J connectivity index is 1.44. The molecule has 0 aromatic carbocycles. The zero-order chi connectivity index (χ0) is 18.6. The van der Waals surface area contributed by atoms with E-state index < -0.39 is 0 Å². The second-order valence-electron chi connectivity index (χ2n) is 6.46. The Morgan fingerprint density at radius 1 is 1.30 bits per heavy atom. The van der Waals surface area contributed by atoms with E-state index in [-0.39, 0.29) is 0 Å². The van der Waals surface area contributed by atoms with Crippen LogP contribution in [0.4, 0.5) is 11.6 Å². The van der Waals surface area contributed by atoms with E-state index >= 15 is 0 Å². The zero-order valence-electron chi connectivity index (χ0n) is 15.0. The highest BCUT2D eigenvalue weighted by Gasteiger charge is 2.21. The summed E-state index contributed by atoms with van der Waals surface area (Å²) >= 11 is 0. The van der Waals surface area contributed by atoms with E-state index in [2.05, 4.69) is 36.3 Å². The fourth-order valence-corrected chi connectivity index (χ4v) is 3.29. The lowest BCUT2D eigenvalue weighted by molar-refractivity contribution is 0.181. The van der Waals surface area contributed by atoms with Crippen LogP contribution in [0.5, 0.6) is 0 Å². The number of pyridine rings is 1. The normalized spacial score (nSPS) is 15.0. The summed E-state index contributed by atoms with van der Waals surface area (Å²) < 4.78 is 6.91. The van der Waals surface area contributed by atoms with E-state index in [0.717, 1.165) is 43.3 Å². The van der Waals surface area contributed by atoms with E-state index in [1.807, 2.05) is 18.2 Å². The topological polar surface area (TPSA) is 104 Å². The van der Waals surface area contributed by atoms with Crippen molar-refractivity contribution in [2.45, 2.75) is 25.5 Å². The molecular weight excluding hydrogens is 344 g/mol. The van der Waals surface area contributed by atoms with Crippen molar-refractivity contribution < 1.29 is 4.74 Å². The van der Waals surface area contributed by atoms with Crippen LogP contribution in [0.3, 0.4) is 0 Å². The molecule has 0 amide bonds. The molecule has 3 aromatic rings. The van der Waals surface area contributed by atoms with Crippen LogP contribution in [0.2, 0.25) is 0 Å². The molecular formula is C18H20N8O. The van der Waals surface area contributed by atoms with Crippen molar-refractivity contribution in [2.24, 2.45) is 0 Å². The van der Waals surface area contributed by atoms with Gasteiger partial charge in [0, 0.05) is 38.5 Å². The fraction of sp³-hybridized carbons (Fsp3) is 0.389. The third-order valence-corrected chi connectivity index (χ3v) is 4.65. The molecule has 0 radical (unpaired) electrons. The van der Waals surface area contributed by atoms with Gasteiger partial charge in [-0.15, -0.1) is 0 Å². The van der Waals surface area contributed by atoms with Crippen LogP contribution in [-0.2, 0) is 11.3 Å². The number of nitrogens with zero attached hydrogens (tertiary/aromatic N) is 7. The predicted octanol–water partition coefficient (Wildman–Crippen LogP) is 1.62. The Labute approximate surface area is 156 Å². The van der Waals surface area contributed by atoms with Crippen molar-refractivity contribution in [3.05, 3.63) is 42.0 Å². The average Bonchev–Trinajstić information content (AvgIpc) is 3.18. The number of nitriles is 1. The van der Waals surface area contributed by atoms with Gasteiger partial charge in [0.1, 0.15) is 24.0 Å². The molecule has 4 rings (SSSR count). The maximum absolute atomic E-state index is 8.89. The summed E-state index contributed by atoms with van der Waals surface area (Å²) in [5.41, 5.74) is 1.40. The number of rotatable bonds is 5. The SMILES string of the molecule is COCc1cc(NC2CCN(c3ccc(C#N)cn3)CC2)n2ncnc2n1. The molecule has 0 saturated carbocycles. The number of ether oxygens (including phenoxy) is 1. The summed E-state index contributed by atoms with van der Waals surface area (Å²) in [6.45, 7) is 2.22. The first kappa shape index (κ1) is 17.2. The molecule has 0 spiro atoms. The van der Waals surface area contributed by atoms with Gasteiger partial charge in [-0.25, -0.2) is 9.97 Å². The third-order valence-electron chi connectivity index (χ3n) is 4.65. The van der Waals surface area contributed by atoms with Crippen LogP contribution in [0.25, 0.3) is 5.78 Å². The molecule has 0 aliphatic carbocycles. The van der Waals surface area contributed by atoms with Crippen molar-refractivity contribution in [3.63, 3.8) is 0 Å². The second kappa shape index (κ2) is 7.55. The number of nitrogens with one attached hydrogen (secondary N) is 1. The molecule has 0 bridgehead atoms. The van der Waals surface area contributed by atoms with Crippen LogP contribution < -0.4 is 10.2 Å². The average molecular weight is 364 g/mol. The van der Waals surface area contributed by atoms with Gasteiger partial charge in [-0.3, -0.25) is 0 Å². The van der Waals surface area contributed by atoms with Crippen molar-refractivity contribution in [2.75, 3.05) is 30.4 Å². The van der Waals surface area contributed by atoms with E-state index in [4.69, 9.17) is 10.00 Å². The van der Waals surface area contributed by atoms with Gasteiger partial charge in [0.2, 0.25) is 0 Å². The van der Waals surface area contributed by atoms with Crippen molar-refractivity contribution in [3.8, 4) is 6.07 Å². The molecule has 4 heterocycles. The minimum absolute atomic E-state index is 0.324. The molecule has 3 aromatic heterocycles. The lowest BCUT2D eigenvalue weighted by atomic mass is 10.0. The Bertz CT molecular complexity index is 954. The number of hydrogen-bond acceptors (Lipinski definition) is 8. The lowest BCUT2D eigenvalue weighted by Gasteiger charge is -2.33. The Kier molecular flexibility index (Phi) is 4.80. The largest absolute Gasteiger partial charge is 0.378 e. The smallest absolute Gasteiger partial charge is 0.254 e. The molecule has 9 nitrogen and oxygen atoms in total. The van der Waals surface area contributed by atoms with Gasteiger partial charge in [-0.2, -0.15) is 19.9 Å². The Hall–Kier alpha value is -3.25. The van der Waals surface area contributed by atoms with Gasteiger partial charge in [0.05, 0.1) is 17.9 Å². The maximum Gasteiger partial charge on any atom is 0.254 e. The van der Waals surface area contributed by atoms with Gasteiger partial charge in [0.25, 0.3) is 5.78 Å². The van der Waals surface area contributed by atoms with Crippen LogP contribution in [-0.4, -0.2) is 50.8 Å².